The zero-order chi connectivity index (χ0) is 29.4. The Morgan fingerprint density at radius 1 is 1.17 bits per heavy atom. The minimum absolute atomic E-state index is 0. The van der Waals surface area contributed by atoms with Gasteiger partial charge in [0.2, 0.25) is 0 Å². The predicted molar refractivity (Wildman–Crippen MR) is 158 cm³/mol. The SMILES string of the molecule is COc1cc(SC)ccc1NCC#Cc1cc2c(N[N-]C3CCN(CC(O)CO)CC3)cccc2n1CC(F)(F)F.[Y]. The summed E-state index contributed by atoms with van der Waals surface area (Å²) < 4.78 is 47.2. The van der Waals surface area contributed by atoms with Gasteiger partial charge >= 0.3 is 6.18 Å². The smallest absolute Gasteiger partial charge is 0.406 e. The molecule has 0 saturated carbocycles. The van der Waals surface area contributed by atoms with Gasteiger partial charge in [-0.2, -0.15) is 13.2 Å². The van der Waals surface area contributed by atoms with Crippen molar-refractivity contribution in [3.63, 3.8) is 0 Å². The third-order valence-corrected chi connectivity index (χ3v) is 7.61. The number of benzene rings is 2. The van der Waals surface area contributed by atoms with E-state index >= 15 is 0 Å². The number of nitrogens with one attached hydrogen (secondary N) is 2. The molecule has 0 bridgehead atoms. The number of alkyl halides is 3. The molecule has 8 nitrogen and oxygen atoms in total. The van der Waals surface area contributed by atoms with Gasteiger partial charge in [-0.15, -0.1) is 17.8 Å². The molecule has 4 rings (SSSR count). The van der Waals surface area contributed by atoms with Gasteiger partial charge in [0, 0.05) is 55.2 Å². The van der Waals surface area contributed by atoms with Crippen molar-refractivity contribution in [1.29, 1.82) is 0 Å². The van der Waals surface area contributed by atoms with E-state index in [-0.39, 0.29) is 57.6 Å². The molecule has 0 aliphatic carbocycles. The van der Waals surface area contributed by atoms with Crippen LogP contribution in [0.1, 0.15) is 18.5 Å². The standard InChI is InChI=1S/C29H35F3N5O3S.Y/c1-40-28-16-23(41-2)8-9-26(28)33-12-4-5-21-15-24-25(6-3-7-27(24)37(21)19-29(30,31)32)35-34-20-10-13-36(14-11-20)17-22(39)18-38;/h3,6-9,15-16,20,22,33,35,38-39H,10-14,17-19H2,1-2H3;/q-1;. The summed E-state index contributed by atoms with van der Waals surface area (Å²) in [5.74, 6) is 6.53. The topological polar surface area (TPSA) is 96.0 Å². The number of ether oxygens (including phenoxy) is 1. The van der Waals surface area contributed by atoms with Crippen molar-refractivity contribution >= 4 is 34.0 Å². The number of hydrogen-bond acceptors (Lipinski definition) is 7. The number of piperidine rings is 1. The second kappa shape index (κ2) is 16.2. The van der Waals surface area contributed by atoms with Crippen molar-refractivity contribution in [3.05, 3.63) is 53.6 Å². The molecule has 13 heteroatoms. The first-order valence-electron chi connectivity index (χ1n) is 13.3. The Balaban J connectivity index is 0.00000484. The van der Waals surface area contributed by atoms with E-state index in [1.807, 2.05) is 24.5 Å². The molecule has 1 saturated heterocycles. The van der Waals surface area contributed by atoms with Crippen molar-refractivity contribution in [2.24, 2.45) is 0 Å². The van der Waals surface area contributed by atoms with Crippen LogP contribution < -0.4 is 15.5 Å². The van der Waals surface area contributed by atoms with Crippen LogP contribution in [0.5, 0.6) is 5.75 Å². The molecule has 1 aromatic heterocycles. The van der Waals surface area contributed by atoms with E-state index in [0.717, 1.165) is 36.5 Å². The van der Waals surface area contributed by atoms with Gasteiger partial charge < -0.3 is 40.6 Å². The number of nitrogens with zero attached hydrogens (tertiary/aromatic N) is 3. The Kier molecular flexibility index (Phi) is 13.3. The Labute approximate surface area is 273 Å². The molecule has 1 unspecified atom stereocenters. The number of rotatable bonds is 11. The Bertz CT molecular complexity index is 1370. The number of fused-ring (bicyclic) bond motifs is 1. The second-order valence-corrected chi connectivity index (χ2v) is 10.7. The van der Waals surface area contributed by atoms with Crippen LogP contribution in [0.3, 0.4) is 0 Å². The van der Waals surface area contributed by atoms with Gasteiger partial charge in [0.1, 0.15) is 12.3 Å². The van der Waals surface area contributed by atoms with Crippen molar-refractivity contribution < 1.29 is 60.8 Å². The predicted octanol–water partition coefficient (Wildman–Crippen LogP) is 4.91. The first-order valence-corrected chi connectivity index (χ1v) is 14.5. The molecule has 42 heavy (non-hydrogen) atoms. The number of halogens is 3. The monoisotopic (exact) mass is 679 g/mol. The van der Waals surface area contributed by atoms with Gasteiger partial charge in [-0.25, -0.2) is 0 Å². The van der Waals surface area contributed by atoms with Crippen LogP contribution in [0.4, 0.5) is 24.5 Å². The minimum atomic E-state index is -4.42. The number of thioether (sulfide) groups is 1. The van der Waals surface area contributed by atoms with Crippen LogP contribution in [0.25, 0.3) is 16.3 Å². The first-order chi connectivity index (χ1) is 19.7. The molecule has 1 atom stereocenters. The number of aliphatic hydroxyl groups is 2. The van der Waals surface area contributed by atoms with Gasteiger partial charge in [-0.1, -0.05) is 24.8 Å². The van der Waals surface area contributed by atoms with Crippen LogP contribution in [0.2, 0.25) is 0 Å². The maximum Gasteiger partial charge on any atom is 0.406 e. The van der Waals surface area contributed by atoms with E-state index in [9.17, 15) is 18.3 Å². The van der Waals surface area contributed by atoms with Gasteiger partial charge in [0.25, 0.3) is 0 Å². The number of aliphatic hydroxyl groups excluding tert-OH is 2. The largest absolute Gasteiger partial charge is 0.568 e. The Hall–Kier alpha value is -1.98. The average Bonchev–Trinajstić information content (AvgIpc) is 3.31. The number of likely N-dealkylation sites (tertiary alicyclic amines) is 1. The third-order valence-electron chi connectivity index (χ3n) is 6.88. The summed E-state index contributed by atoms with van der Waals surface area (Å²) in [6.45, 7) is 0.683. The molecule has 2 heterocycles. The third kappa shape index (κ3) is 9.51. The van der Waals surface area contributed by atoms with E-state index in [1.54, 1.807) is 43.1 Å². The van der Waals surface area contributed by atoms with Crippen LogP contribution in [0, 0.1) is 11.8 Å². The van der Waals surface area contributed by atoms with E-state index in [0.29, 0.717) is 28.9 Å². The van der Waals surface area contributed by atoms with Crippen molar-refractivity contribution in [3.8, 4) is 17.6 Å². The first kappa shape index (κ1) is 34.5. The van der Waals surface area contributed by atoms with Crippen LogP contribution in [-0.2, 0) is 39.3 Å². The fourth-order valence-corrected chi connectivity index (χ4v) is 5.23. The average molecular weight is 680 g/mol. The van der Waals surface area contributed by atoms with Crippen molar-refractivity contribution in [2.75, 3.05) is 56.9 Å². The number of methoxy groups -OCH3 is 1. The quantitative estimate of drug-likeness (QED) is 0.130. The summed E-state index contributed by atoms with van der Waals surface area (Å²) in [6.07, 6.45) is -1.67. The molecular weight excluding hydrogens is 644 g/mol. The summed E-state index contributed by atoms with van der Waals surface area (Å²) in [4.78, 5) is 3.13. The maximum atomic E-state index is 13.5. The Morgan fingerprint density at radius 2 is 1.93 bits per heavy atom. The molecule has 3 aromatic rings. The summed E-state index contributed by atoms with van der Waals surface area (Å²) >= 11 is 1.60. The molecule has 1 fully saturated rings. The number of hydrogen-bond donors (Lipinski definition) is 4. The molecular formula is C29H35F3N5O3SY-. The fraction of sp³-hybridized carbons (Fsp3) is 0.448. The van der Waals surface area contributed by atoms with E-state index in [2.05, 4.69) is 32.9 Å². The molecule has 1 radical (unpaired) electrons. The van der Waals surface area contributed by atoms with Gasteiger partial charge in [-0.3, -0.25) is 0 Å². The molecule has 0 amide bonds. The van der Waals surface area contributed by atoms with Crippen LogP contribution in [-0.4, -0.2) is 84.2 Å². The summed E-state index contributed by atoms with van der Waals surface area (Å²) in [5, 5.41) is 22.5. The van der Waals surface area contributed by atoms with Gasteiger partial charge in [0.05, 0.1) is 43.3 Å². The van der Waals surface area contributed by atoms with Crippen LogP contribution in [0.15, 0.2) is 47.4 Å². The summed E-state index contributed by atoms with van der Waals surface area (Å²) in [6, 6.07) is 12.6. The van der Waals surface area contributed by atoms with E-state index in [4.69, 9.17) is 9.84 Å². The van der Waals surface area contributed by atoms with Crippen LogP contribution >= 0.6 is 11.8 Å². The number of β-amino-alcohol motifs (C(OH)–C–C–N with tert-alkyl or cyclic N) is 1. The Morgan fingerprint density at radius 3 is 2.60 bits per heavy atom. The molecule has 1 aliphatic rings. The summed E-state index contributed by atoms with van der Waals surface area (Å²) in [7, 11) is 1.58. The fourth-order valence-electron chi connectivity index (χ4n) is 4.80. The molecule has 1 aliphatic heterocycles. The zero-order valence-corrected chi connectivity index (χ0v) is 27.3. The van der Waals surface area contributed by atoms with Crippen molar-refractivity contribution in [1.82, 2.24) is 9.47 Å². The minimum Gasteiger partial charge on any atom is -0.568 e. The van der Waals surface area contributed by atoms with Gasteiger partial charge in [0.15, 0.2) is 0 Å². The maximum absolute atomic E-state index is 13.5. The molecule has 0 spiro atoms. The van der Waals surface area contributed by atoms with E-state index < -0.39 is 18.8 Å². The molecule has 225 valence electrons. The normalized spacial score (nSPS) is 15.0. The summed E-state index contributed by atoms with van der Waals surface area (Å²) in [5.41, 5.74) is 9.73. The number of aromatic nitrogens is 1. The second-order valence-electron chi connectivity index (χ2n) is 9.80. The number of anilines is 2. The molecule has 2 aromatic carbocycles. The zero-order valence-electron chi connectivity index (χ0n) is 23.6. The molecule has 4 N–H and O–H groups in total. The van der Waals surface area contributed by atoms with Gasteiger partial charge in [-0.05, 0) is 61.7 Å². The van der Waals surface area contributed by atoms with Crippen molar-refractivity contribution in [2.45, 2.75) is 42.6 Å². The van der Waals surface area contributed by atoms with E-state index in [1.165, 1.54) is 4.57 Å².